The molecule has 50 heavy (non-hydrogen) atoms. The molecule has 3 atom stereocenters. The second-order valence-corrected chi connectivity index (χ2v) is 11.6. The Morgan fingerprint density at radius 1 is 0.820 bits per heavy atom. The van der Waals surface area contributed by atoms with Crippen molar-refractivity contribution >= 4 is 30.0 Å². The number of amides is 4. The number of benzene rings is 2. The van der Waals surface area contributed by atoms with Crippen molar-refractivity contribution in [1.82, 2.24) is 21.3 Å². The van der Waals surface area contributed by atoms with Crippen LogP contribution in [0, 0.1) is 5.92 Å². The number of carbonyl (C=O) groups excluding carboxylic acids is 5. The smallest absolute Gasteiger partial charge is 0.408 e. The quantitative estimate of drug-likeness (QED) is 0.0712. The van der Waals surface area contributed by atoms with Crippen molar-refractivity contribution < 1.29 is 48.0 Å². The molecule has 0 aliphatic carbocycles. The van der Waals surface area contributed by atoms with Crippen molar-refractivity contribution in [3.8, 4) is 0 Å². The first-order chi connectivity index (χ1) is 24.3. The van der Waals surface area contributed by atoms with Gasteiger partial charge in [0, 0.05) is 19.5 Å². The molecular weight excluding hydrogens is 648 g/mol. The summed E-state index contributed by atoms with van der Waals surface area (Å²) < 4.78 is 21.3. The maximum Gasteiger partial charge on any atom is 0.408 e. The fraction of sp³-hybridized carbons (Fsp3) is 0.472. The van der Waals surface area contributed by atoms with Crippen LogP contribution in [0.4, 0.5) is 9.59 Å². The number of carbonyl (C=O) groups is 5. The summed E-state index contributed by atoms with van der Waals surface area (Å²) in [6.07, 6.45) is 3.75. The maximum absolute atomic E-state index is 13.4. The molecule has 14 heteroatoms. The Morgan fingerprint density at radius 2 is 1.48 bits per heavy atom. The third-order valence-electron chi connectivity index (χ3n) is 7.59. The minimum atomic E-state index is -1.04. The summed E-state index contributed by atoms with van der Waals surface area (Å²) in [5.41, 5.74) is 1.66. The molecule has 1 heterocycles. The van der Waals surface area contributed by atoms with E-state index in [4.69, 9.17) is 24.1 Å². The van der Waals surface area contributed by atoms with Crippen LogP contribution in [0.2, 0.25) is 0 Å². The van der Waals surface area contributed by atoms with Gasteiger partial charge in [-0.3, -0.25) is 9.59 Å². The molecule has 0 aromatic heterocycles. The third kappa shape index (κ3) is 16.4. The molecule has 0 fully saturated rings. The zero-order chi connectivity index (χ0) is 35.8. The van der Waals surface area contributed by atoms with Crippen LogP contribution >= 0.6 is 0 Å². The van der Waals surface area contributed by atoms with Gasteiger partial charge in [-0.2, -0.15) is 0 Å². The zero-order valence-corrected chi connectivity index (χ0v) is 28.2. The molecule has 2 aromatic carbocycles. The number of nitrogens with one attached hydrogen (secondary N) is 4. The lowest BCUT2D eigenvalue weighted by molar-refractivity contribution is -0.147. The maximum atomic E-state index is 13.4. The molecule has 1 aliphatic rings. The molecule has 0 unspecified atom stereocenters. The van der Waals surface area contributed by atoms with Gasteiger partial charge in [0.2, 0.25) is 11.8 Å². The van der Waals surface area contributed by atoms with Gasteiger partial charge >= 0.3 is 18.2 Å². The van der Waals surface area contributed by atoms with Crippen molar-refractivity contribution in [3.63, 3.8) is 0 Å². The van der Waals surface area contributed by atoms with Crippen molar-refractivity contribution in [3.05, 3.63) is 83.9 Å². The van der Waals surface area contributed by atoms with Gasteiger partial charge in [-0.25, -0.2) is 14.4 Å². The third-order valence-corrected chi connectivity index (χ3v) is 7.59. The van der Waals surface area contributed by atoms with Crippen LogP contribution in [0.25, 0.3) is 0 Å². The first kappa shape index (κ1) is 39.5. The van der Waals surface area contributed by atoms with Gasteiger partial charge in [-0.15, -0.1) is 0 Å². The summed E-state index contributed by atoms with van der Waals surface area (Å²) in [4.78, 5) is 63.8. The molecular formula is C36H48N4O10. The van der Waals surface area contributed by atoms with Crippen LogP contribution in [-0.4, -0.2) is 86.7 Å². The Hall–Kier alpha value is -4.95. The van der Waals surface area contributed by atoms with Crippen LogP contribution < -0.4 is 21.3 Å². The summed E-state index contributed by atoms with van der Waals surface area (Å²) in [6.45, 7) is 0.823. The number of rotatable bonds is 17. The fourth-order valence-electron chi connectivity index (χ4n) is 4.90. The van der Waals surface area contributed by atoms with Gasteiger partial charge < -0.3 is 45.3 Å². The Morgan fingerprint density at radius 3 is 2.16 bits per heavy atom. The van der Waals surface area contributed by atoms with Gasteiger partial charge in [-0.1, -0.05) is 72.8 Å². The summed E-state index contributed by atoms with van der Waals surface area (Å²) >= 11 is 0. The second kappa shape index (κ2) is 23.4. The number of hydrogen-bond acceptors (Lipinski definition) is 10. The molecule has 0 radical (unpaired) electrons. The number of cyclic esters (lactones) is 1. The van der Waals surface area contributed by atoms with E-state index in [2.05, 4.69) is 21.3 Å². The molecule has 272 valence electrons. The van der Waals surface area contributed by atoms with Crippen LogP contribution in [0.3, 0.4) is 0 Å². The Bertz CT molecular complexity index is 1360. The number of allylic oxidation sites excluding steroid dienone is 1. The molecule has 4 amide bonds. The highest BCUT2D eigenvalue weighted by molar-refractivity contribution is 5.86. The van der Waals surface area contributed by atoms with Crippen LogP contribution in [0.15, 0.2) is 72.8 Å². The van der Waals surface area contributed by atoms with Gasteiger partial charge in [0.05, 0.1) is 31.8 Å². The van der Waals surface area contributed by atoms with E-state index in [9.17, 15) is 24.0 Å². The molecule has 0 saturated carbocycles. The average molecular weight is 697 g/mol. The lowest BCUT2D eigenvalue weighted by Gasteiger charge is -2.24. The lowest BCUT2D eigenvalue weighted by Crippen LogP contribution is -2.46. The van der Waals surface area contributed by atoms with Crippen LogP contribution in [0.5, 0.6) is 0 Å². The van der Waals surface area contributed by atoms with E-state index in [0.29, 0.717) is 25.8 Å². The second-order valence-electron chi connectivity index (χ2n) is 11.6. The number of aliphatic hydroxyl groups excluding tert-OH is 1. The predicted octanol–water partition coefficient (Wildman–Crippen LogP) is 2.89. The largest absolute Gasteiger partial charge is 0.462 e. The zero-order valence-electron chi connectivity index (χ0n) is 28.2. The van der Waals surface area contributed by atoms with Gasteiger partial charge in [-0.05, 0) is 43.2 Å². The van der Waals surface area contributed by atoms with Gasteiger partial charge in [0.1, 0.15) is 25.9 Å². The molecule has 0 saturated heterocycles. The number of hydrogen-bond donors (Lipinski definition) is 5. The first-order valence-electron chi connectivity index (χ1n) is 16.8. The van der Waals surface area contributed by atoms with E-state index in [0.717, 1.165) is 11.1 Å². The molecule has 14 nitrogen and oxygen atoms in total. The lowest BCUT2D eigenvalue weighted by atomic mass is 9.97. The number of esters is 1. The summed E-state index contributed by atoms with van der Waals surface area (Å²) in [5.74, 6) is -2.12. The predicted molar refractivity (Wildman–Crippen MR) is 182 cm³/mol. The van der Waals surface area contributed by atoms with E-state index >= 15 is 0 Å². The number of ether oxygens (including phenoxy) is 4. The summed E-state index contributed by atoms with van der Waals surface area (Å²) in [5, 5.41) is 19.7. The number of alkyl carbamates (subject to hydrolysis) is 2. The highest BCUT2D eigenvalue weighted by atomic mass is 16.6. The number of aliphatic hydroxyl groups is 1. The Labute approximate surface area is 292 Å². The minimum Gasteiger partial charge on any atom is -0.462 e. The van der Waals surface area contributed by atoms with E-state index < -0.39 is 36.2 Å². The van der Waals surface area contributed by atoms with Crippen LogP contribution in [-0.2, 0) is 46.5 Å². The van der Waals surface area contributed by atoms with Crippen molar-refractivity contribution in [1.29, 1.82) is 0 Å². The Balaban J connectivity index is 1.57. The minimum absolute atomic E-state index is 0.0231. The number of unbranched alkanes of at least 4 members (excludes halogenated alkanes) is 1. The molecule has 3 rings (SSSR count). The van der Waals surface area contributed by atoms with Gasteiger partial charge in [0.25, 0.3) is 0 Å². The normalized spacial score (nSPS) is 18.0. The van der Waals surface area contributed by atoms with Gasteiger partial charge in [0.15, 0.2) is 0 Å². The monoisotopic (exact) mass is 696 g/mol. The highest BCUT2D eigenvalue weighted by Crippen LogP contribution is 2.15. The van der Waals surface area contributed by atoms with Crippen LogP contribution in [0.1, 0.15) is 49.7 Å². The van der Waals surface area contributed by atoms with E-state index in [-0.39, 0.29) is 77.3 Å². The first-order valence-corrected chi connectivity index (χ1v) is 16.8. The van der Waals surface area contributed by atoms with Crippen molar-refractivity contribution in [2.45, 2.75) is 63.8 Å². The van der Waals surface area contributed by atoms with Crippen molar-refractivity contribution in [2.75, 3.05) is 39.5 Å². The summed E-state index contributed by atoms with van der Waals surface area (Å²) in [6, 6.07) is 16.8. The standard InChI is InChI=1S/C36H48N4O10/c41-20-22-47-21-19-37-32(42)23-29-15-7-8-17-31(40-36(46)50-25-28-13-5-2-6-14-28)34(44)48-26-30(39-33(29)43)16-9-10-18-38-35(45)49-24-27-11-3-1-4-12-27/h1-8,11-14,29-31,41H,9-10,15-26H2,(H,37,42)(H,38,45)(H,39,43)(H,40,46)/t29-,30+,31-/m1/s1. The topological polar surface area (TPSA) is 191 Å². The molecule has 0 bridgehead atoms. The fourth-order valence-corrected chi connectivity index (χ4v) is 4.90. The SMILES string of the molecule is O=C(C[C@H]1CC=CC[C@@H](NC(=O)OCc2ccccc2)C(=O)OC[C@H](CCCCNC(=O)OCc2ccccc2)NC1=O)NCCOCCO. The summed E-state index contributed by atoms with van der Waals surface area (Å²) in [7, 11) is 0. The van der Waals surface area contributed by atoms with E-state index in [1.54, 1.807) is 12.2 Å². The van der Waals surface area contributed by atoms with E-state index in [1.807, 2.05) is 60.7 Å². The molecule has 0 spiro atoms. The van der Waals surface area contributed by atoms with Crippen molar-refractivity contribution in [2.24, 2.45) is 5.92 Å². The van der Waals surface area contributed by atoms with E-state index in [1.165, 1.54) is 0 Å². The molecule has 1 aliphatic heterocycles. The Kier molecular flexibility index (Phi) is 18.5. The highest BCUT2D eigenvalue weighted by Gasteiger charge is 2.27. The molecule has 5 N–H and O–H groups in total. The molecule has 2 aromatic rings. The average Bonchev–Trinajstić information content (AvgIpc) is 3.12.